The number of nitrogens with two attached hydrogens (primary N) is 1. The van der Waals surface area contributed by atoms with Crippen molar-refractivity contribution in [1.29, 1.82) is 0 Å². The summed E-state index contributed by atoms with van der Waals surface area (Å²) in [4.78, 5) is 0. The van der Waals surface area contributed by atoms with Gasteiger partial charge in [0.2, 0.25) is 0 Å². The largest absolute Gasteiger partial charge is 0.326 e. The fourth-order valence-electron chi connectivity index (χ4n) is 2.08. The van der Waals surface area contributed by atoms with Crippen LogP contribution in [0.4, 0.5) is 0 Å². The van der Waals surface area contributed by atoms with Gasteiger partial charge in [0, 0.05) is 21.5 Å². The van der Waals surface area contributed by atoms with Crippen LogP contribution in [0.15, 0.2) is 28.2 Å². The fourth-order valence-corrected chi connectivity index (χ4v) is 3.62. The molecule has 1 atom stereocenters. The first-order valence-electron chi connectivity index (χ1n) is 5.44. The Labute approximate surface area is 111 Å². The van der Waals surface area contributed by atoms with Crippen LogP contribution in [0.25, 0.3) is 21.0 Å². The van der Waals surface area contributed by atoms with Crippen molar-refractivity contribution in [1.82, 2.24) is 9.78 Å². The van der Waals surface area contributed by atoms with Gasteiger partial charge in [-0.2, -0.15) is 5.10 Å². The van der Waals surface area contributed by atoms with E-state index >= 15 is 0 Å². The van der Waals surface area contributed by atoms with Gasteiger partial charge < -0.3 is 5.73 Å². The van der Waals surface area contributed by atoms with Gasteiger partial charge in [-0.25, -0.2) is 0 Å². The van der Waals surface area contributed by atoms with Crippen LogP contribution in [0.1, 0.15) is 6.92 Å². The van der Waals surface area contributed by atoms with E-state index in [-0.39, 0.29) is 6.04 Å². The van der Waals surface area contributed by atoms with Crippen LogP contribution < -0.4 is 5.73 Å². The molecule has 3 aromatic rings. The molecule has 0 aliphatic rings. The molecule has 88 valence electrons. The zero-order chi connectivity index (χ0) is 12.0. The molecule has 0 spiro atoms. The lowest BCUT2D eigenvalue weighted by atomic mass is 10.2. The molecular formula is C12H12BrN3S. The van der Waals surface area contributed by atoms with Crippen LogP contribution >= 0.6 is 27.3 Å². The minimum absolute atomic E-state index is 0.107. The van der Waals surface area contributed by atoms with Crippen molar-refractivity contribution in [2.45, 2.75) is 19.5 Å². The van der Waals surface area contributed by atoms with E-state index in [1.54, 1.807) is 11.3 Å². The van der Waals surface area contributed by atoms with Crippen LogP contribution in [0.2, 0.25) is 0 Å². The molecule has 0 radical (unpaired) electrons. The minimum atomic E-state index is 0.107. The molecule has 0 saturated heterocycles. The summed E-state index contributed by atoms with van der Waals surface area (Å²) in [5.74, 6) is 0. The van der Waals surface area contributed by atoms with Crippen molar-refractivity contribution in [2.24, 2.45) is 5.73 Å². The molecule has 17 heavy (non-hydrogen) atoms. The summed E-state index contributed by atoms with van der Waals surface area (Å²) in [5, 5.41) is 6.84. The first-order chi connectivity index (χ1) is 8.15. The summed E-state index contributed by atoms with van der Waals surface area (Å²) in [6.45, 7) is 2.74. The van der Waals surface area contributed by atoms with Gasteiger partial charge in [-0.3, -0.25) is 4.68 Å². The number of halogens is 1. The number of hydrogen-bond acceptors (Lipinski definition) is 3. The van der Waals surface area contributed by atoms with E-state index in [2.05, 4.69) is 39.2 Å². The van der Waals surface area contributed by atoms with E-state index in [0.717, 1.165) is 10.3 Å². The molecule has 0 fully saturated rings. The Morgan fingerprint density at radius 2 is 2.35 bits per heavy atom. The van der Waals surface area contributed by atoms with Gasteiger partial charge in [-0.05, 0) is 41.1 Å². The van der Waals surface area contributed by atoms with Crippen LogP contribution in [-0.4, -0.2) is 15.8 Å². The van der Waals surface area contributed by atoms with Crippen molar-refractivity contribution >= 4 is 48.3 Å². The van der Waals surface area contributed by atoms with E-state index in [4.69, 9.17) is 5.73 Å². The summed E-state index contributed by atoms with van der Waals surface area (Å²) >= 11 is 5.28. The van der Waals surface area contributed by atoms with Gasteiger partial charge in [0.15, 0.2) is 0 Å². The topological polar surface area (TPSA) is 43.8 Å². The van der Waals surface area contributed by atoms with Crippen LogP contribution in [-0.2, 0) is 6.54 Å². The minimum Gasteiger partial charge on any atom is -0.326 e. The van der Waals surface area contributed by atoms with Crippen LogP contribution in [0.3, 0.4) is 0 Å². The van der Waals surface area contributed by atoms with Crippen molar-refractivity contribution in [3.8, 4) is 0 Å². The molecule has 0 aliphatic heterocycles. The van der Waals surface area contributed by atoms with Crippen molar-refractivity contribution in [2.75, 3.05) is 0 Å². The highest BCUT2D eigenvalue weighted by Gasteiger charge is 2.10. The Hall–Kier alpha value is -0.910. The van der Waals surface area contributed by atoms with E-state index in [1.165, 1.54) is 21.0 Å². The number of fused-ring (bicyclic) bond motifs is 3. The second-order valence-electron chi connectivity index (χ2n) is 4.27. The molecule has 2 N–H and O–H groups in total. The maximum absolute atomic E-state index is 5.86. The molecule has 2 heterocycles. The lowest BCUT2D eigenvalue weighted by molar-refractivity contribution is 0.554. The highest BCUT2D eigenvalue weighted by molar-refractivity contribution is 9.11. The van der Waals surface area contributed by atoms with Gasteiger partial charge in [0.05, 0.1) is 22.0 Å². The number of nitrogens with zero attached hydrogens (tertiary/aromatic N) is 2. The Balaban J connectivity index is 2.33. The Morgan fingerprint density at radius 3 is 3.12 bits per heavy atom. The Morgan fingerprint density at radius 1 is 1.53 bits per heavy atom. The Kier molecular flexibility index (Phi) is 2.69. The zero-order valence-corrected chi connectivity index (χ0v) is 11.8. The summed E-state index contributed by atoms with van der Waals surface area (Å²) in [6, 6.07) is 6.52. The molecule has 1 aromatic carbocycles. The quantitative estimate of drug-likeness (QED) is 0.789. The summed E-state index contributed by atoms with van der Waals surface area (Å²) < 4.78 is 4.42. The third kappa shape index (κ3) is 1.88. The van der Waals surface area contributed by atoms with Crippen molar-refractivity contribution in [3.05, 3.63) is 28.2 Å². The number of aromatic nitrogens is 2. The molecule has 0 unspecified atom stereocenters. The van der Waals surface area contributed by atoms with Crippen molar-refractivity contribution < 1.29 is 0 Å². The third-order valence-electron chi connectivity index (χ3n) is 2.73. The fraction of sp³-hybridized carbons (Fsp3) is 0.250. The van der Waals surface area contributed by atoms with E-state index < -0.39 is 0 Å². The molecular weight excluding hydrogens is 298 g/mol. The summed E-state index contributed by atoms with van der Waals surface area (Å²) in [6.07, 6.45) is 1.91. The highest BCUT2D eigenvalue weighted by Crippen LogP contribution is 2.34. The van der Waals surface area contributed by atoms with Gasteiger partial charge >= 0.3 is 0 Å². The van der Waals surface area contributed by atoms with Gasteiger partial charge in [-0.1, -0.05) is 0 Å². The van der Waals surface area contributed by atoms with Gasteiger partial charge in [0.1, 0.15) is 0 Å². The lowest BCUT2D eigenvalue weighted by Gasteiger charge is -2.07. The molecule has 3 nitrogen and oxygen atoms in total. The molecule has 0 aliphatic carbocycles. The van der Waals surface area contributed by atoms with Crippen LogP contribution in [0.5, 0.6) is 0 Å². The van der Waals surface area contributed by atoms with E-state index in [1.807, 2.05) is 17.8 Å². The van der Waals surface area contributed by atoms with Gasteiger partial charge in [-0.15, -0.1) is 11.3 Å². The predicted octanol–water partition coefficient (Wildman–Crippen LogP) is 3.36. The second-order valence-corrected chi connectivity index (χ2v) is 6.73. The average molecular weight is 310 g/mol. The maximum Gasteiger partial charge on any atom is 0.0770 e. The standard InChI is InChI=1S/C12H12BrN3S/c1-7(14)6-16-12-8(5-15-16)2-3-10-9(12)4-11(13)17-10/h2-5,7H,6,14H2,1H3/t7-/m0/s1. The number of thiophene rings is 1. The molecule has 0 amide bonds. The normalized spacial score (nSPS) is 13.6. The molecule has 2 aromatic heterocycles. The summed E-state index contributed by atoms with van der Waals surface area (Å²) in [5.41, 5.74) is 7.04. The maximum atomic E-state index is 5.86. The Bertz CT molecular complexity index is 683. The lowest BCUT2D eigenvalue weighted by Crippen LogP contribution is -2.22. The molecule has 0 saturated carbocycles. The molecule has 5 heteroatoms. The van der Waals surface area contributed by atoms with Crippen molar-refractivity contribution in [3.63, 3.8) is 0 Å². The van der Waals surface area contributed by atoms with Crippen LogP contribution in [0, 0.1) is 0 Å². The predicted molar refractivity (Wildman–Crippen MR) is 76.5 cm³/mol. The average Bonchev–Trinajstić information content (AvgIpc) is 2.79. The highest BCUT2D eigenvalue weighted by atomic mass is 79.9. The number of benzene rings is 1. The first-order valence-corrected chi connectivity index (χ1v) is 7.05. The first kappa shape index (κ1) is 11.2. The third-order valence-corrected chi connectivity index (χ3v) is 4.33. The smallest absolute Gasteiger partial charge is 0.0770 e. The number of rotatable bonds is 2. The monoisotopic (exact) mass is 309 g/mol. The molecule has 3 rings (SSSR count). The number of hydrogen-bond donors (Lipinski definition) is 1. The van der Waals surface area contributed by atoms with E-state index in [0.29, 0.717) is 0 Å². The summed E-state index contributed by atoms with van der Waals surface area (Å²) in [7, 11) is 0. The second kappa shape index (κ2) is 4.08. The SMILES string of the molecule is C[C@H](N)Cn1ncc2ccc3sc(Br)cc3c21. The van der Waals surface area contributed by atoms with E-state index in [9.17, 15) is 0 Å². The molecule has 0 bridgehead atoms. The van der Waals surface area contributed by atoms with Gasteiger partial charge in [0.25, 0.3) is 0 Å². The zero-order valence-electron chi connectivity index (χ0n) is 9.35.